The Balaban J connectivity index is 2.03. The highest BCUT2D eigenvalue weighted by atomic mass is 32.1. The van der Waals surface area contributed by atoms with Crippen LogP contribution >= 0.6 is 12.2 Å². The summed E-state index contributed by atoms with van der Waals surface area (Å²) in [6.07, 6.45) is 3.40. The molecule has 5 nitrogen and oxygen atoms in total. The van der Waals surface area contributed by atoms with E-state index in [9.17, 15) is 0 Å². The van der Waals surface area contributed by atoms with Crippen LogP contribution in [-0.4, -0.2) is 24.5 Å². The Morgan fingerprint density at radius 3 is 2.74 bits per heavy atom. The van der Waals surface area contributed by atoms with Crippen molar-refractivity contribution in [3.8, 4) is 11.5 Å². The molecule has 0 aromatic heterocycles. The lowest BCUT2D eigenvalue weighted by Crippen LogP contribution is -2.31. The second-order valence-corrected chi connectivity index (χ2v) is 6.13. The Hall–Kier alpha value is -2.86. The first-order valence-corrected chi connectivity index (χ1v) is 9.16. The minimum atomic E-state index is 0.439. The van der Waals surface area contributed by atoms with Crippen molar-refractivity contribution in [2.75, 3.05) is 13.2 Å². The number of hydrogen-bond acceptors (Lipinski definition) is 4. The third-order valence-electron chi connectivity index (χ3n) is 3.70. The van der Waals surface area contributed by atoms with Crippen LogP contribution in [0, 0.1) is 6.92 Å². The molecule has 0 saturated heterocycles. The summed E-state index contributed by atoms with van der Waals surface area (Å²) in [5.74, 6) is 1.38. The van der Waals surface area contributed by atoms with Gasteiger partial charge in [-0.2, -0.15) is 5.10 Å². The van der Waals surface area contributed by atoms with E-state index in [0.717, 1.165) is 11.1 Å². The van der Waals surface area contributed by atoms with E-state index in [1.54, 1.807) is 12.3 Å². The molecule has 2 aromatic rings. The Bertz CT molecular complexity index is 806. The Labute approximate surface area is 166 Å². The molecule has 0 unspecified atom stereocenters. The zero-order chi connectivity index (χ0) is 19.5. The summed E-state index contributed by atoms with van der Waals surface area (Å²) < 4.78 is 11.7. The molecule has 0 radical (unpaired) electrons. The van der Waals surface area contributed by atoms with Gasteiger partial charge in [-0.25, -0.2) is 0 Å². The van der Waals surface area contributed by atoms with Crippen molar-refractivity contribution in [2.24, 2.45) is 5.10 Å². The minimum Gasteiger partial charge on any atom is -0.490 e. The molecule has 2 rings (SSSR count). The first-order chi connectivity index (χ1) is 13.1. The van der Waals surface area contributed by atoms with Gasteiger partial charge in [-0.05, 0) is 61.0 Å². The number of ether oxygens (including phenoxy) is 2. The number of rotatable bonds is 9. The van der Waals surface area contributed by atoms with Crippen molar-refractivity contribution in [1.82, 2.24) is 10.7 Å². The van der Waals surface area contributed by atoms with Crippen molar-refractivity contribution < 1.29 is 9.47 Å². The summed E-state index contributed by atoms with van der Waals surface area (Å²) >= 11 is 5.09. The smallest absolute Gasteiger partial charge is 0.187 e. The Morgan fingerprint density at radius 1 is 1.19 bits per heavy atom. The zero-order valence-electron chi connectivity index (χ0n) is 15.7. The van der Waals surface area contributed by atoms with E-state index in [-0.39, 0.29) is 0 Å². The lowest BCUT2D eigenvalue weighted by Gasteiger charge is -2.13. The van der Waals surface area contributed by atoms with E-state index in [2.05, 4.69) is 41.5 Å². The van der Waals surface area contributed by atoms with Crippen molar-refractivity contribution in [1.29, 1.82) is 0 Å². The van der Waals surface area contributed by atoms with Crippen LogP contribution in [0.5, 0.6) is 11.5 Å². The molecule has 6 heteroatoms. The topological polar surface area (TPSA) is 54.9 Å². The zero-order valence-corrected chi connectivity index (χ0v) is 16.5. The van der Waals surface area contributed by atoms with E-state index >= 15 is 0 Å². The monoisotopic (exact) mass is 383 g/mol. The molecule has 2 N–H and O–H groups in total. The summed E-state index contributed by atoms with van der Waals surface area (Å²) in [6, 6.07) is 13.9. The van der Waals surface area contributed by atoms with Gasteiger partial charge < -0.3 is 14.8 Å². The lowest BCUT2D eigenvalue weighted by molar-refractivity contribution is 0.269. The van der Waals surface area contributed by atoms with Crippen LogP contribution in [0.15, 0.2) is 60.2 Å². The van der Waals surface area contributed by atoms with Gasteiger partial charge >= 0.3 is 0 Å². The summed E-state index contributed by atoms with van der Waals surface area (Å²) in [4.78, 5) is 0. The lowest BCUT2D eigenvalue weighted by atomic mass is 10.1. The van der Waals surface area contributed by atoms with E-state index in [1.165, 1.54) is 5.56 Å². The molecule has 0 atom stereocenters. The van der Waals surface area contributed by atoms with Gasteiger partial charge in [0.2, 0.25) is 0 Å². The van der Waals surface area contributed by atoms with E-state index < -0.39 is 0 Å². The highest BCUT2D eigenvalue weighted by Crippen LogP contribution is 2.29. The largest absolute Gasteiger partial charge is 0.490 e. The SMILES string of the molecule is C=CCNC(=S)NN=Cc1ccc(OCc2ccccc2C)c(OCC)c1. The molecule has 0 amide bonds. The number of benzene rings is 2. The molecule has 142 valence electrons. The molecule has 0 heterocycles. The number of thiocarbonyl (C=S) groups is 1. The van der Waals surface area contributed by atoms with Gasteiger partial charge in [-0.3, -0.25) is 5.43 Å². The first-order valence-electron chi connectivity index (χ1n) is 8.76. The Morgan fingerprint density at radius 2 is 2.00 bits per heavy atom. The minimum absolute atomic E-state index is 0.439. The second-order valence-electron chi connectivity index (χ2n) is 5.72. The van der Waals surface area contributed by atoms with Crippen molar-refractivity contribution >= 4 is 23.5 Å². The van der Waals surface area contributed by atoms with Crippen LogP contribution in [0.2, 0.25) is 0 Å². The maximum atomic E-state index is 5.97. The number of hydrazone groups is 1. The summed E-state index contributed by atoms with van der Waals surface area (Å²) in [5.41, 5.74) is 5.98. The van der Waals surface area contributed by atoms with Crippen LogP contribution in [-0.2, 0) is 6.61 Å². The van der Waals surface area contributed by atoms with Crippen molar-refractivity contribution in [3.05, 3.63) is 71.8 Å². The van der Waals surface area contributed by atoms with Crippen LogP contribution in [0.4, 0.5) is 0 Å². The fourth-order valence-corrected chi connectivity index (χ4v) is 2.43. The molecule has 0 aliphatic rings. The van der Waals surface area contributed by atoms with E-state index in [4.69, 9.17) is 21.7 Å². The van der Waals surface area contributed by atoms with Crippen molar-refractivity contribution in [2.45, 2.75) is 20.5 Å². The number of nitrogens with one attached hydrogen (secondary N) is 2. The van der Waals surface area contributed by atoms with Gasteiger partial charge in [0, 0.05) is 6.54 Å². The quantitative estimate of drug-likeness (QED) is 0.297. The van der Waals surface area contributed by atoms with E-state index in [1.807, 2.05) is 37.3 Å². The average molecular weight is 384 g/mol. The average Bonchev–Trinajstić information content (AvgIpc) is 2.67. The maximum Gasteiger partial charge on any atom is 0.187 e. The van der Waals surface area contributed by atoms with Crippen LogP contribution in [0.25, 0.3) is 0 Å². The molecule has 0 fully saturated rings. The predicted molar refractivity (Wildman–Crippen MR) is 115 cm³/mol. The van der Waals surface area contributed by atoms with Gasteiger partial charge in [-0.15, -0.1) is 6.58 Å². The van der Waals surface area contributed by atoms with Gasteiger partial charge in [0.1, 0.15) is 6.61 Å². The Kier molecular flexibility index (Phi) is 8.32. The molecule has 2 aromatic carbocycles. The third kappa shape index (κ3) is 6.75. The molecule has 0 saturated carbocycles. The summed E-state index contributed by atoms with van der Waals surface area (Å²) in [5, 5.41) is 7.50. The number of aryl methyl sites for hydroxylation is 1. The summed E-state index contributed by atoms with van der Waals surface area (Å²) in [7, 11) is 0. The van der Waals surface area contributed by atoms with Gasteiger partial charge in [-0.1, -0.05) is 30.3 Å². The normalized spacial score (nSPS) is 10.4. The van der Waals surface area contributed by atoms with Gasteiger partial charge in [0.15, 0.2) is 16.6 Å². The van der Waals surface area contributed by atoms with Gasteiger partial charge in [0.05, 0.1) is 12.8 Å². The van der Waals surface area contributed by atoms with Crippen LogP contribution < -0.4 is 20.2 Å². The number of nitrogens with zero attached hydrogens (tertiary/aromatic N) is 1. The predicted octanol–water partition coefficient (Wildman–Crippen LogP) is 3.96. The molecule has 27 heavy (non-hydrogen) atoms. The maximum absolute atomic E-state index is 5.97. The molecule has 0 spiro atoms. The number of hydrogen-bond donors (Lipinski definition) is 2. The van der Waals surface area contributed by atoms with Gasteiger partial charge in [0.25, 0.3) is 0 Å². The standard InChI is InChI=1S/C21H25N3O2S/c1-4-12-22-21(27)24-23-14-17-10-11-19(20(13-17)25-5-2)26-15-18-9-7-6-8-16(18)3/h4,6-11,13-14H,1,5,12,15H2,2-3H3,(H2,22,24,27). The summed E-state index contributed by atoms with van der Waals surface area (Å²) in [6.45, 7) is 9.26. The molecule has 0 bridgehead atoms. The van der Waals surface area contributed by atoms with E-state index in [0.29, 0.717) is 36.4 Å². The molecular formula is C21H25N3O2S. The second kappa shape index (κ2) is 11.0. The molecule has 0 aliphatic heterocycles. The molecular weight excluding hydrogens is 358 g/mol. The van der Waals surface area contributed by atoms with Crippen LogP contribution in [0.1, 0.15) is 23.6 Å². The fraction of sp³-hybridized carbons (Fsp3) is 0.238. The molecule has 0 aliphatic carbocycles. The highest BCUT2D eigenvalue weighted by Gasteiger charge is 2.07. The highest BCUT2D eigenvalue weighted by molar-refractivity contribution is 7.80. The third-order valence-corrected chi connectivity index (χ3v) is 3.93. The van der Waals surface area contributed by atoms with Crippen LogP contribution in [0.3, 0.4) is 0 Å². The fourth-order valence-electron chi connectivity index (χ4n) is 2.29. The van der Waals surface area contributed by atoms with Crippen molar-refractivity contribution in [3.63, 3.8) is 0 Å². The first kappa shape index (κ1) is 20.5.